The van der Waals surface area contributed by atoms with Crippen molar-refractivity contribution in [2.45, 2.75) is 113 Å². The van der Waals surface area contributed by atoms with Crippen LogP contribution < -0.4 is 21.3 Å². The topological polar surface area (TPSA) is 194 Å². The highest BCUT2D eigenvalue weighted by Crippen LogP contribution is 2.34. The average Bonchev–Trinajstić information content (AvgIpc) is 3.57. The largest absolute Gasteiger partial charge is 0.346 e. The van der Waals surface area contributed by atoms with Gasteiger partial charge in [0.2, 0.25) is 23.5 Å². The Balaban J connectivity index is 2.34. The summed E-state index contributed by atoms with van der Waals surface area (Å²) in [6.45, 7) is 21.7. The van der Waals surface area contributed by atoms with Crippen LogP contribution in [-0.2, 0) is 34.2 Å². The maximum atomic E-state index is 14.4. The van der Waals surface area contributed by atoms with Crippen LogP contribution in [0, 0.1) is 22.7 Å². The lowest BCUT2D eigenvalue weighted by Crippen LogP contribution is -2.62. The van der Waals surface area contributed by atoms with Crippen LogP contribution in [0.5, 0.6) is 0 Å². The van der Waals surface area contributed by atoms with E-state index in [0.717, 1.165) is 8.61 Å². The number of likely N-dealkylation sites (tertiary alicyclic amines) is 1. The SMILES string of the molecule is C=CCNC(=O)C(=O)C(CCC)NC(=O)[C@@H]1[C@@H](C(C)C)CCN1C(=O)[C@@H](NC(=O)N[C@H](CN1CCN(C(C)=O)S1(=O)=O)C(C)(C)C)C(C)(C)C. The summed E-state index contributed by atoms with van der Waals surface area (Å²) in [6.07, 6.45) is 2.71. The van der Waals surface area contributed by atoms with Crippen molar-refractivity contribution in [3.05, 3.63) is 12.7 Å². The number of carbonyl (C=O) groups excluding carboxylic acids is 6. The summed E-state index contributed by atoms with van der Waals surface area (Å²) in [5.41, 5.74) is -1.43. The molecule has 2 aliphatic heterocycles. The fourth-order valence-corrected chi connectivity index (χ4v) is 7.85. The monoisotopic (exact) mass is 725 g/mol. The van der Waals surface area contributed by atoms with Gasteiger partial charge in [0.15, 0.2) is 0 Å². The first-order chi connectivity index (χ1) is 23.0. The number of carbonyl (C=O) groups is 6. The Hall–Kier alpha value is -3.53. The van der Waals surface area contributed by atoms with Gasteiger partial charge in [-0.3, -0.25) is 24.0 Å². The van der Waals surface area contributed by atoms with Crippen LogP contribution in [-0.4, -0.2) is 114 Å². The molecule has 0 aromatic heterocycles. The van der Waals surface area contributed by atoms with E-state index in [9.17, 15) is 37.2 Å². The number of Topliss-reactive ketones (excluding diaryl/α,β-unsaturated/α-hetero) is 1. The Bertz CT molecular complexity index is 1400. The lowest BCUT2D eigenvalue weighted by atomic mass is 9.84. The van der Waals surface area contributed by atoms with Gasteiger partial charge >= 0.3 is 16.2 Å². The third-order valence-electron chi connectivity index (χ3n) is 9.33. The van der Waals surface area contributed by atoms with Crippen LogP contribution in [0.15, 0.2) is 12.7 Å². The molecule has 284 valence electrons. The van der Waals surface area contributed by atoms with Crippen molar-refractivity contribution in [3.8, 4) is 0 Å². The normalized spacial score (nSPS) is 21.3. The van der Waals surface area contributed by atoms with Gasteiger partial charge in [0, 0.05) is 39.1 Å². The van der Waals surface area contributed by atoms with Gasteiger partial charge < -0.3 is 26.2 Å². The summed E-state index contributed by atoms with van der Waals surface area (Å²) in [5.74, 6) is -3.49. The van der Waals surface area contributed by atoms with E-state index >= 15 is 0 Å². The van der Waals surface area contributed by atoms with Crippen molar-refractivity contribution in [1.82, 2.24) is 34.8 Å². The minimum atomic E-state index is -4.04. The van der Waals surface area contributed by atoms with Gasteiger partial charge in [-0.05, 0) is 35.5 Å². The van der Waals surface area contributed by atoms with Crippen LogP contribution in [0.1, 0.15) is 88.5 Å². The number of nitrogens with one attached hydrogen (secondary N) is 4. The number of urea groups is 1. The molecule has 0 aromatic rings. The highest BCUT2D eigenvalue weighted by atomic mass is 32.2. The summed E-state index contributed by atoms with van der Waals surface area (Å²) in [6, 6.07) is -4.52. The third-order valence-corrected chi connectivity index (χ3v) is 11.3. The van der Waals surface area contributed by atoms with Crippen molar-refractivity contribution >= 4 is 45.7 Å². The molecule has 2 saturated heterocycles. The quantitative estimate of drug-likeness (QED) is 0.153. The average molecular weight is 726 g/mol. The van der Waals surface area contributed by atoms with E-state index in [1.807, 2.05) is 41.5 Å². The highest BCUT2D eigenvalue weighted by molar-refractivity contribution is 7.87. The minimum Gasteiger partial charge on any atom is -0.346 e. The molecule has 0 radical (unpaired) electrons. The van der Waals surface area contributed by atoms with Gasteiger partial charge in [-0.1, -0.05) is 74.8 Å². The van der Waals surface area contributed by atoms with Crippen LogP contribution in [0.3, 0.4) is 0 Å². The number of amides is 6. The van der Waals surface area contributed by atoms with E-state index in [1.165, 1.54) is 17.9 Å². The molecule has 0 aromatic carbocycles. The van der Waals surface area contributed by atoms with Crippen LogP contribution >= 0.6 is 0 Å². The fourth-order valence-electron chi connectivity index (χ4n) is 6.29. The standard InChI is InChI=1S/C34H59N7O8S/c1-12-14-24(27(43)30(45)35-16-13-2)36-29(44)26-23(21(3)4)15-17-40(26)31(46)28(34(9,10)11)38-32(47)37-25(33(6,7)8)20-39-18-19-41(22(5)42)50(39,48)49/h13,21,23-26,28H,2,12,14-20H2,1,3-11H3,(H,35,45)(H,36,44)(H2,37,38,47)/t23-,24?,25-,26+,28-/m1/s1. The molecule has 0 saturated carbocycles. The third kappa shape index (κ3) is 10.5. The summed E-state index contributed by atoms with van der Waals surface area (Å²) in [7, 11) is -4.04. The van der Waals surface area contributed by atoms with E-state index in [0.29, 0.717) is 12.8 Å². The van der Waals surface area contributed by atoms with E-state index in [1.54, 1.807) is 20.8 Å². The summed E-state index contributed by atoms with van der Waals surface area (Å²) in [4.78, 5) is 80.7. The zero-order chi connectivity index (χ0) is 38.4. The van der Waals surface area contributed by atoms with Gasteiger partial charge in [0.25, 0.3) is 5.91 Å². The first-order valence-corrected chi connectivity index (χ1v) is 18.8. The molecular weight excluding hydrogens is 666 g/mol. The van der Waals surface area contributed by atoms with Crippen molar-refractivity contribution in [1.29, 1.82) is 0 Å². The molecule has 2 aliphatic rings. The maximum absolute atomic E-state index is 14.4. The minimum absolute atomic E-state index is 0.00236. The number of nitrogens with zero attached hydrogens (tertiary/aromatic N) is 3. The summed E-state index contributed by atoms with van der Waals surface area (Å²) < 4.78 is 27.9. The molecule has 2 fully saturated rings. The molecule has 2 rings (SSSR count). The molecule has 0 aliphatic carbocycles. The zero-order valence-electron chi connectivity index (χ0n) is 31.4. The number of hydrogen-bond acceptors (Lipinski definition) is 8. The molecular formula is C34H59N7O8S. The van der Waals surface area contributed by atoms with Gasteiger partial charge in [-0.2, -0.15) is 12.7 Å². The fraction of sp³-hybridized carbons (Fsp3) is 0.765. The first-order valence-electron chi connectivity index (χ1n) is 17.4. The van der Waals surface area contributed by atoms with E-state index in [-0.39, 0.29) is 51.0 Å². The highest BCUT2D eigenvalue weighted by Gasteiger charge is 2.48. The Morgan fingerprint density at radius 2 is 1.54 bits per heavy atom. The molecule has 4 N–H and O–H groups in total. The summed E-state index contributed by atoms with van der Waals surface area (Å²) in [5, 5.41) is 10.9. The number of rotatable bonds is 14. The molecule has 5 atom stereocenters. The lowest BCUT2D eigenvalue weighted by molar-refractivity contribution is -0.144. The second-order valence-electron chi connectivity index (χ2n) is 15.7. The number of ketones is 1. The molecule has 15 nitrogen and oxygen atoms in total. The van der Waals surface area contributed by atoms with Gasteiger partial charge in [0.1, 0.15) is 12.1 Å². The zero-order valence-corrected chi connectivity index (χ0v) is 32.2. The second kappa shape index (κ2) is 17.1. The van der Waals surface area contributed by atoms with Gasteiger partial charge in [0.05, 0.1) is 12.6 Å². The smallest absolute Gasteiger partial charge is 0.315 e. The molecule has 16 heteroatoms. The van der Waals surface area contributed by atoms with Gasteiger partial charge in [-0.15, -0.1) is 6.58 Å². The molecule has 50 heavy (non-hydrogen) atoms. The predicted octanol–water partition coefficient (Wildman–Crippen LogP) is 1.55. The molecule has 2 heterocycles. The Kier molecular flexibility index (Phi) is 14.6. The molecule has 0 spiro atoms. The summed E-state index contributed by atoms with van der Waals surface area (Å²) >= 11 is 0. The molecule has 1 unspecified atom stereocenters. The van der Waals surface area contributed by atoms with Gasteiger partial charge in [-0.25, -0.2) is 9.10 Å². The Labute approximate surface area is 297 Å². The number of hydrogen-bond donors (Lipinski definition) is 4. The van der Waals surface area contributed by atoms with Crippen molar-refractivity contribution in [3.63, 3.8) is 0 Å². The Morgan fingerprint density at radius 1 is 0.920 bits per heavy atom. The van der Waals surface area contributed by atoms with E-state index < -0.39 is 80.6 Å². The van der Waals surface area contributed by atoms with Crippen LogP contribution in [0.25, 0.3) is 0 Å². The molecule has 0 bridgehead atoms. The van der Waals surface area contributed by atoms with E-state index in [4.69, 9.17) is 0 Å². The molecule has 6 amide bonds. The van der Waals surface area contributed by atoms with Crippen molar-refractivity contribution < 1.29 is 37.2 Å². The first kappa shape index (κ1) is 42.6. The predicted molar refractivity (Wildman–Crippen MR) is 190 cm³/mol. The second-order valence-corrected chi connectivity index (χ2v) is 17.5. The Morgan fingerprint density at radius 3 is 2.02 bits per heavy atom. The lowest BCUT2D eigenvalue weighted by Gasteiger charge is -2.38. The van der Waals surface area contributed by atoms with E-state index in [2.05, 4.69) is 27.8 Å². The van der Waals surface area contributed by atoms with Crippen LogP contribution in [0.4, 0.5) is 4.79 Å². The van der Waals surface area contributed by atoms with Crippen LogP contribution in [0.2, 0.25) is 0 Å². The van der Waals surface area contributed by atoms with Crippen molar-refractivity contribution in [2.75, 3.05) is 32.7 Å². The maximum Gasteiger partial charge on any atom is 0.315 e. The van der Waals surface area contributed by atoms with Crippen molar-refractivity contribution in [2.24, 2.45) is 22.7 Å².